The molecule has 0 aliphatic carbocycles. The second kappa shape index (κ2) is 8.60. The lowest BCUT2D eigenvalue weighted by atomic mass is 10.2. The van der Waals surface area contributed by atoms with Gasteiger partial charge in [0, 0.05) is 32.9 Å². The highest BCUT2D eigenvalue weighted by molar-refractivity contribution is 7.89. The summed E-state index contributed by atoms with van der Waals surface area (Å²) in [6, 6.07) is 4.67. The first-order valence-corrected chi connectivity index (χ1v) is 12.1. The van der Waals surface area contributed by atoms with Crippen molar-refractivity contribution >= 4 is 32.8 Å². The number of rotatable bonds is 5. The molecular weight excluding hydrogens is 448 g/mol. The molecule has 11 nitrogen and oxygen atoms in total. The maximum Gasteiger partial charge on any atom is 0.332 e. The lowest BCUT2D eigenvalue weighted by Crippen LogP contribution is -2.37. The Bertz CT molecular complexity index is 1460. The number of benzene rings is 1. The predicted octanol–water partition coefficient (Wildman–Crippen LogP) is 0.555. The SMILES string of the molecule is Cc1ccc(S(=O)(=O)N2CCCCC2)cc1NC(=O)Cn1cnc2c1c(=O)n(C)c(=O)n2C. The van der Waals surface area contributed by atoms with Crippen LogP contribution in [0.1, 0.15) is 24.8 Å². The number of fused-ring (bicyclic) bond motifs is 1. The third kappa shape index (κ3) is 4.11. The highest BCUT2D eigenvalue weighted by atomic mass is 32.2. The largest absolute Gasteiger partial charge is 0.332 e. The van der Waals surface area contributed by atoms with Crippen molar-refractivity contribution in [1.82, 2.24) is 23.0 Å². The maximum atomic E-state index is 13.0. The van der Waals surface area contributed by atoms with Gasteiger partial charge in [0.2, 0.25) is 15.9 Å². The molecule has 0 unspecified atom stereocenters. The van der Waals surface area contributed by atoms with Gasteiger partial charge in [0.05, 0.1) is 11.2 Å². The zero-order valence-corrected chi connectivity index (χ0v) is 19.6. The molecule has 0 bridgehead atoms. The Kier molecular flexibility index (Phi) is 5.97. The molecule has 1 saturated heterocycles. The molecule has 0 saturated carbocycles. The van der Waals surface area contributed by atoms with Crippen LogP contribution in [0, 0.1) is 6.92 Å². The average molecular weight is 475 g/mol. The third-order valence-corrected chi connectivity index (χ3v) is 7.86. The number of anilines is 1. The molecule has 1 aliphatic heterocycles. The molecule has 4 rings (SSSR count). The molecule has 33 heavy (non-hydrogen) atoms. The molecular formula is C21H26N6O5S. The fourth-order valence-corrected chi connectivity index (χ4v) is 5.56. The molecule has 0 atom stereocenters. The fraction of sp³-hybridized carbons (Fsp3) is 0.429. The summed E-state index contributed by atoms with van der Waals surface area (Å²) in [5.41, 5.74) is 0.334. The van der Waals surface area contributed by atoms with Crippen molar-refractivity contribution in [3.8, 4) is 0 Å². The van der Waals surface area contributed by atoms with E-state index in [1.807, 2.05) is 0 Å². The maximum absolute atomic E-state index is 13.0. The van der Waals surface area contributed by atoms with Gasteiger partial charge in [-0.05, 0) is 37.5 Å². The molecule has 12 heteroatoms. The number of amides is 1. The van der Waals surface area contributed by atoms with Crippen LogP contribution < -0.4 is 16.6 Å². The number of carbonyl (C=O) groups is 1. The standard InChI is InChI=1S/C21H26N6O5S/c1-14-7-8-15(33(31,32)27-9-5-4-6-10-27)11-16(14)23-17(28)12-26-13-22-19-18(26)20(29)25(3)21(30)24(19)2/h7-8,11,13H,4-6,9-10,12H2,1-3H3,(H,23,28). The van der Waals surface area contributed by atoms with E-state index in [1.165, 1.54) is 39.9 Å². The molecule has 2 aromatic heterocycles. The molecule has 3 heterocycles. The van der Waals surface area contributed by atoms with Crippen LogP contribution in [0.5, 0.6) is 0 Å². The van der Waals surface area contributed by atoms with Crippen molar-refractivity contribution in [1.29, 1.82) is 0 Å². The third-order valence-electron chi connectivity index (χ3n) is 5.97. The first-order valence-electron chi connectivity index (χ1n) is 10.6. The molecule has 3 aromatic rings. The number of nitrogens with zero attached hydrogens (tertiary/aromatic N) is 5. The van der Waals surface area contributed by atoms with Crippen molar-refractivity contribution in [2.75, 3.05) is 18.4 Å². The van der Waals surface area contributed by atoms with Crippen molar-refractivity contribution in [3.63, 3.8) is 0 Å². The Morgan fingerprint density at radius 3 is 2.48 bits per heavy atom. The summed E-state index contributed by atoms with van der Waals surface area (Å²) in [7, 11) is -0.785. The minimum Gasteiger partial charge on any atom is -0.324 e. The Morgan fingerprint density at radius 2 is 1.79 bits per heavy atom. The molecule has 1 aliphatic rings. The second-order valence-corrected chi connectivity index (χ2v) is 10.2. The second-order valence-electron chi connectivity index (χ2n) is 8.24. The summed E-state index contributed by atoms with van der Waals surface area (Å²) in [4.78, 5) is 41.7. The highest BCUT2D eigenvalue weighted by Gasteiger charge is 2.26. The predicted molar refractivity (Wildman–Crippen MR) is 123 cm³/mol. The number of piperidine rings is 1. The van der Waals surface area contributed by atoms with E-state index in [9.17, 15) is 22.8 Å². The molecule has 1 amide bonds. The molecule has 1 aromatic carbocycles. The van der Waals surface area contributed by atoms with Crippen LogP contribution in [-0.4, -0.2) is 50.4 Å². The number of aromatic nitrogens is 4. The molecule has 1 N–H and O–H groups in total. The quantitative estimate of drug-likeness (QED) is 0.575. The van der Waals surface area contributed by atoms with Crippen LogP contribution in [0.4, 0.5) is 5.69 Å². The Balaban J connectivity index is 1.60. The highest BCUT2D eigenvalue weighted by Crippen LogP contribution is 2.25. The van der Waals surface area contributed by atoms with Crippen molar-refractivity contribution in [2.24, 2.45) is 14.1 Å². The lowest BCUT2D eigenvalue weighted by Gasteiger charge is -2.26. The number of sulfonamides is 1. The normalized spacial score (nSPS) is 15.1. The fourth-order valence-electron chi connectivity index (χ4n) is 4.01. The molecule has 0 radical (unpaired) electrons. The summed E-state index contributed by atoms with van der Waals surface area (Å²) in [5, 5.41) is 2.74. The minimum absolute atomic E-state index is 0.127. The molecule has 1 fully saturated rings. The summed E-state index contributed by atoms with van der Waals surface area (Å²) >= 11 is 0. The first-order chi connectivity index (χ1) is 15.6. The lowest BCUT2D eigenvalue weighted by molar-refractivity contribution is -0.116. The van der Waals surface area contributed by atoms with Gasteiger partial charge in [-0.2, -0.15) is 4.31 Å². The van der Waals surface area contributed by atoms with E-state index in [0.717, 1.165) is 23.8 Å². The topological polar surface area (TPSA) is 128 Å². The molecule has 176 valence electrons. The number of nitrogens with one attached hydrogen (secondary N) is 1. The van der Waals surface area contributed by atoms with E-state index in [1.54, 1.807) is 19.1 Å². The zero-order valence-electron chi connectivity index (χ0n) is 18.7. The van der Waals surface area contributed by atoms with Gasteiger partial charge in [0.1, 0.15) is 6.54 Å². The summed E-state index contributed by atoms with van der Waals surface area (Å²) in [6.07, 6.45) is 4.01. The van der Waals surface area contributed by atoms with E-state index < -0.39 is 27.2 Å². The van der Waals surface area contributed by atoms with Crippen molar-refractivity contribution in [3.05, 3.63) is 50.9 Å². The van der Waals surface area contributed by atoms with Crippen LogP contribution in [0.15, 0.2) is 39.0 Å². The van der Waals surface area contributed by atoms with Crippen LogP contribution in [-0.2, 0) is 35.5 Å². The van der Waals surface area contributed by atoms with E-state index in [0.29, 0.717) is 24.3 Å². The van der Waals surface area contributed by atoms with E-state index >= 15 is 0 Å². The van der Waals surface area contributed by atoms with E-state index in [-0.39, 0.29) is 22.6 Å². The zero-order chi connectivity index (χ0) is 23.9. The van der Waals surface area contributed by atoms with Crippen LogP contribution in [0.25, 0.3) is 11.2 Å². The van der Waals surface area contributed by atoms with E-state index in [2.05, 4.69) is 10.3 Å². The number of hydrogen-bond donors (Lipinski definition) is 1. The smallest absolute Gasteiger partial charge is 0.324 e. The minimum atomic E-state index is -3.64. The number of imidazole rings is 1. The van der Waals surface area contributed by atoms with Gasteiger partial charge in [0.15, 0.2) is 11.2 Å². The van der Waals surface area contributed by atoms with Gasteiger partial charge in [-0.1, -0.05) is 12.5 Å². The Labute approximate surface area is 190 Å². The Hall–Kier alpha value is -3.25. The summed E-state index contributed by atoms with van der Waals surface area (Å²) in [5.74, 6) is -0.458. The summed E-state index contributed by atoms with van der Waals surface area (Å²) in [6.45, 7) is 2.52. The summed E-state index contributed by atoms with van der Waals surface area (Å²) < 4.78 is 31.1. The van der Waals surface area contributed by atoms with Gasteiger partial charge in [-0.15, -0.1) is 0 Å². The molecule has 0 spiro atoms. The average Bonchev–Trinajstić information content (AvgIpc) is 3.21. The van der Waals surface area contributed by atoms with Gasteiger partial charge in [-0.25, -0.2) is 18.2 Å². The van der Waals surface area contributed by atoms with Gasteiger partial charge in [0.25, 0.3) is 5.56 Å². The van der Waals surface area contributed by atoms with Crippen molar-refractivity contribution in [2.45, 2.75) is 37.6 Å². The number of aryl methyl sites for hydroxylation is 2. The number of carbonyl (C=O) groups excluding carboxylic acids is 1. The first kappa shape index (κ1) is 22.9. The van der Waals surface area contributed by atoms with Crippen molar-refractivity contribution < 1.29 is 13.2 Å². The van der Waals surface area contributed by atoms with Gasteiger partial charge < -0.3 is 9.88 Å². The monoisotopic (exact) mass is 474 g/mol. The van der Waals surface area contributed by atoms with Crippen LogP contribution in [0.3, 0.4) is 0 Å². The Morgan fingerprint density at radius 1 is 1.09 bits per heavy atom. The van der Waals surface area contributed by atoms with Gasteiger partial charge in [-0.3, -0.25) is 18.7 Å². The van der Waals surface area contributed by atoms with Crippen LogP contribution >= 0.6 is 0 Å². The van der Waals surface area contributed by atoms with E-state index in [4.69, 9.17) is 0 Å². The number of hydrogen-bond acceptors (Lipinski definition) is 6. The van der Waals surface area contributed by atoms with Crippen LogP contribution in [0.2, 0.25) is 0 Å². The van der Waals surface area contributed by atoms with Gasteiger partial charge >= 0.3 is 5.69 Å².